The molecule has 0 unspecified atom stereocenters. The predicted octanol–water partition coefficient (Wildman–Crippen LogP) is 3.03. The molecule has 0 saturated heterocycles. The van der Waals surface area contributed by atoms with Crippen LogP contribution in [0.4, 0.5) is 0 Å². The monoisotopic (exact) mass is 238 g/mol. The van der Waals surface area contributed by atoms with Crippen molar-refractivity contribution in [2.45, 2.75) is 64.3 Å². The molecule has 2 nitrogen and oxygen atoms in total. The van der Waals surface area contributed by atoms with Gasteiger partial charge in [-0.2, -0.15) is 0 Å². The Morgan fingerprint density at radius 1 is 1.06 bits per heavy atom. The van der Waals surface area contributed by atoms with Crippen LogP contribution in [-0.2, 0) is 0 Å². The van der Waals surface area contributed by atoms with Crippen LogP contribution < -0.4 is 5.32 Å². The van der Waals surface area contributed by atoms with E-state index in [4.69, 9.17) is 0 Å². The number of rotatable bonds is 9. The number of hydrogen-bond donors (Lipinski definition) is 1. The van der Waals surface area contributed by atoms with E-state index in [1.54, 1.807) is 0 Å². The molecule has 0 aromatic carbocycles. The van der Waals surface area contributed by atoms with Crippen molar-refractivity contribution in [2.75, 3.05) is 26.2 Å². The van der Waals surface area contributed by atoms with Crippen molar-refractivity contribution in [1.29, 1.82) is 0 Å². The molecule has 0 bridgehead atoms. The smallest absolute Gasteiger partial charge is 0.00670 e. The van der Waals surface area contributed by atoms with Gasteiger partial charge in [-0.05, 0) is 64.1 Å². The molecule has 0 radical (unpaired) electrons. The highest BCUT2D eigenvalue weighted by atomic mass is 15.1. The topological polar surface area (TPSA) is 15.3 Å². The van der Waals surface area contributed by atoms with Gasteiger partial charge >= 0.3 is 0 Å². The van der Waals surface area contributed by atoms with Crippen LogP contribution in [0.15, 0.2) is 0 Å². The summed E-state index contributed by atoms with van der Waals surface area (Å²) in [7, 11) is 0. The van der Waals surface area contributed by atoms with E-state index in [1.807, 2.05) is 0 Å². The fraction of sp³-hybridized carbons (Fsp3) is 1.00. The van der Waals surface area contributed by atoms with Crippen LogP contribution >= 0.6 is 0 Å². The van der Waals surface area contributed by atoms with Crippen LogP contribution in [0.25, 0.3) is 0 Å². The Labute approximate surface area is 107 Å². The standard InChI is InChI=1S/C15H30N2/c1-2-11-17(13-14-8-9-14)12-5-10-16-15-6-3-4-7-15/h14-16H,2-13H2,1H3. The van der Waals surface area contributed by atoms with Crippen LogP contribution in [0.1, 0.15) is 58.3 Å². The second kappa shape index (κ2) is 7.38. The minimum absolute atomic E-state index is 0.845. The second-order valence-corrected chi connectivity index (χ2v) is 6.03. The second-order valence-electron chi connectivity index (χ2n) is 6.03. The minimum Gasteiger partial charge on any atom is -0.314 e. The number of nitrogens with zero attached hydrogens (tertiary/aromatic N) is 1. The zero-order valence-electron chi connectivity index (χ0n) is 11.6. The van der Waals surface area contributed by atoms with Gasteiger partial charge in [0.05, 0.1) is 0 Å². The summed E-state index contributed by atoms with van der Waals surface area (Å²) in [5, 5.41) is 3.72. The van der Waals surface area contributed by atoms with Crippen molar-refractivity contribution in [3.05, 3.63) is 0 Å². The van der Waals surface area contributed by atoms with E-state index < -0.39 is 0 Å². The largest absolute Gasteiger partial charge is 0.314 e. The third kappa shape index (κ3) is 5.39. The van der Waals surface area contributed by atoms with Crippen LogP contribution in [0, 0.1) is 5.92 Å². The molecule has 0 atom stereocenters. The summed E-state index contributed by atoms with van der Waals surface area (Å²) in [4.78, 5) is 2.69. The summed E-state index contributed by atoms with van der Waals surface area (Å²) in [6, 6.07) is 0.845. The molecule has 0 aromatic heterocycles. The lowest BCUT2D eigenvalue weighted by Crippen LogP contribution is -2.32. The maximum absolute atomic E-state index is 3.72. The highest BCUT2D eigenvalue weighted by Gasteiger charge is 2.23. The van der Waals surface area contributed by atoms with Gasteiger partial charge in [-0.3, -0.25) is 0 Å². The summed E-state index contributed by atoms with van der Waals surface area (Å²) < 4.78 is 0. The molecule has 2 heteroatoms. The van der Waals surface area contributed by atoms with Gasteiger partial charge in [0.2, 0.25) is 0 Å². The molecule has 1 N–H and O–H groups in total. The maximum Gasteiger partial charge on any atom is 0.00670 e. The lowest BCUT2D eigenvalue weighted by Gasteiger charge is -2.22. The molecule has 0 heterocycles. The molecule has 17 heavy (non-hydrogen) atoms. The molecule has 2 saturated carbocycles. The molecule has 2 aliphatic carbocycles. The third-order valence-corrected chi connectivity index (χ3v) is 4.19. The highest BCUT2D eigenvalue weighted by molar-refractivity contribution is 4.78. The van der Waals surface area contributed by atoms with Crippen LogP contribution in [0.3, 0.4) is 0 Å². The first-order valence-electron chi connectivity index (χ1n) is 7.84. The van der Waals surface area contributed by atoms with Crippen LogP contribution in [0.5, 0.6) is 0 Å². The number of nitrogens with one attached hydrogen (secondary N) is 1. The Morgan fingerprint density at radius 2 is 1.82 bits per heavy atom. The van der Waals surface area contributed by atoms with Gasteiger partial charge in [-0.25, -0.2) is 0 Å². The molecule has 0 amide bonds. The molecular weight excluding hydrogens is 208 g/mol. The fourth-order valence-corrected chi connectivity index (χ4v) is 3.01. The summed E-state index contributed by atoms with van der Waals surface area (Å²) >= 11 is 0. The van der Waals surface area contributed by atoms with Crippen LogP contribution in [-0.4, -0.2) is 37.1 Å². The van der Waals surface area contributed by atoms with Gasteiger partial charge in [-0.1, -0.05) is 19.8 Å². The maximum atomic E-state index is 3.72. The first kappa shape index (κ1) is 13.4. The zero-order chi connectivity index (χ0) is 11.9. The van der Waals surface area contributed by atoms with E-state index in [0.717, 1.165) is 12.0 Å². The van der Waals surface area contributed by atoms with Crippen molar-refractivity contribution >= 4 is 0 Å². The number of hydrogen-bond acceptors (Lipinski definition) is 2. The lowest BCUT2D eigenvalue weighted by atomic mass is 10.2. The first-order valence-corrected chi connectivity index (χ1v) is 7.84. The first-order chi connectivity index (χ1) is 8.38. The molecule has 2 fully saturated rings. The van der Waals surface area contributed by atoms with Gasteiger partial charge < -0.3 is 10.2 Å². The van der Waals surface area contributed by atoms with Gasteiger partial charge in [0.15, 0.2) is 0 Å². The fourth-order valence-electron chi connectivity index (χ4n) is 3.01. The molecule has 100 valence electrons. The SMILES string of the molecule is CCCN(CCCNC1CCCC1)CC1CC1. The summed E-state index contributed by atoms with van der Waals surface area (Å²) in [5.74, 6) is 1.05. The van der Waals surface area contributed by atoms with Gasteiger partial charge in [0.1, 0.15) is 0 Å². The van der Waals surface area contributed by atoms with E-state index in [2.05, 4.69) is 17.1 Å². The molecule has 2 aliphatic rings. The van der Waals surface area contributed by atoms with Crippen molar-refractivity contribution in [1.82, 2.24) is 10.2 Å². The van der Waals surface area contributed by atoms with Gasteiger partial charge in [0.25, 0.3) is 0 Å². The van der Waals surface area contributed by atoms with Crippen molar-refractivity contribution in [2.24, 2.45) is 5.92 Å². The van der Waals surface area contributed by atoms with E-state index >= 15 is 0 Å². The summed E-state index contributed by atoms with van der Waals surface area (Å²) in [6.07, 6.45) is 11.3. The lowest BCUT2D eigenvalue weighted by molar-refractivity contribution is 0.257. The molecule has 0 spiro atoms. The van der Waals surface area contributed by atoms with E-state index in [1.165, 1.54) is 77.5 Å². The van der Waals surface area contributed by atoms with Crippen molar-refractivity contribution in [3.8, 4) is 0 Å². The zero-order valence-corrected chi connectivity index (χ0v) is 11.6. The van der Waals surface area contributed by atoms with Crippen molar-refractivity contribution in [3.63, 3.8) is 0 Å². The summed E-state index contributed by atoms with van der Waals surface area (Å²) in [6.45, 7) is 7.52. The van der Waals surface area contributed by atoms with E-state index in [9.17, 15) is 0 Å². The predicted molar refractivity (Wildman–Crippen MR) is 74.3 cm³/mol. The summed E-state index contributed by atoms with van der Waals surface area (Å²) in [5.41, 5.74) is 0. The molecule has 0 aromatic rings. The van der Waals surface area contributed by atoms with E-state index in [-0.39, 0.29) is 0 Å². The molecule has 2 rings (SSSR count). The average Bonchev–Trinajstić information content (AvgIpc) is 2.98. The Hall–Kier alpha value is -0.0800. The normalized spacial score (nSPS) is 21.5. The quantitative estimate of drug-likeness (QED) is 0.621. The Bertz CT molecular complexity index is 195. The van der Waals surface area contributed by atoms with Crippen molar-refractivity contribution < 1.29 is 0 Å². The highest BCUT2D eigenvalue weighted by Crippen LogP contribution is 2.29. The van der Waals surface area contributed by atoms with Gasteiger partial charge in [-0.15, -0.1) is 0 Å². The van der Waals surface area contributed by atoms with E-state index in [0.29, 0.717) is 0 Å². The van der Waals surface area contributed by atoms with Crippen LogP contribution in [0.2, 0.25) is 0 Å². The third-order valence-electron chi connectivity index (χ3n) is 4.19. The Balaban J connectivity index is 1.51. The minimum atomic E-state index is 0.845. The molecular formula is C15H30N2. The Kier molecular flexibility index (Phi) is 5.79. The average molecular weight is 238 g/mol. The van der Waals surface area contributed by atoms with Gasteiger partial charge in [0, 0.05) is 12.6 Å². The Morgan fingerprint density at radius 3 is 2.47 bits per heavy atom. The molecule has 0 aliphatic heterocycles.